The second-order valence-corrected chi connectivity index (χ2v) is 8.46. The van der Waals surface area contributed by atoms with Crippen LogP contribution in [-0.2, 0) is 10.0 Å². The Balaban J connectivity index is 2.31. The van der Waals surface area contributed by atoms with E-state index in [-0.39, 0.29) is 27.4 Å². The van der Waals surface area contributed by atoms with Gasteiger partial charge in [-0.15, -0.1) is 0 Å². The van der Waals surface area contributed by atoms with E-state index in [9.17, 15) is 13.2 Å². The van der Waals surface area contributed by atoms with Crippen molar-refractivity contribution < 1.29 is 18.1 Å². The SMILES string of the molecule is CNS(=O)(=O)c1cc(C(=O)N[C@@H](C[NH+](C)C)c2ccccc2)ccc1Cl. The number of likely N-dealkylation sites (N-methyl/N-ethyl adjacent to an activating group) is 1. The average Bonchev–Trinajstić information content (AvgIpc) is 2.61. The van der Waals surface area contributed by atoms with E-state index in [1.165, 1.54) is 30.1 Å². The van der Waals surface area contributed by atoms with Crippen LogP contribution >= 0.6 is 11.6 Å². The monoisotopic (exact) mass is 396 g/mol. The molecule has 0 aliphatic rings. The van der Waals surface area contributed by atoms with Crippen LogP contribution in [0.15, 0.2) is 53.4 Å². The van der Waals surface area contributed by atoms with Gasteiger partial charge in [0.05, 0.1) is 19.1 Å². The van der Waals surface area contributed by atoms with E-state index < -0.39 is 10.0 Å². The molecule has 140 valence electrons. The summed E-state index contributed by atoms with van der Waals surface area (Å²) in [5.74, 6) is -0.357. The number of quaternary nitrogens is 1. The largest absolute Gasteiger partial charge is 0.340 e. The molecule has 0 radical (unpaired) electrons. The maximum Gasteiger partial charge on any atom is 0.252 e. The molecule has 26 heavy (non-hydrogen) atoms. The van der Waals surface area contributed by atoms with Crippen LogP contribution in [0.2, 0.25) is 5.02 Å². The molecule has 1 amide bonds. The van der Waals surface area contributed by atoms with Gasteiger partial charge in [0.15, 0.2) is 0 Å². The van der Waals surface area contributed by atoms with E-state index >= 15 is 0 Å². The highest BCUT2D eigenvalue weighted by atomic mass is 35.5. The first kappa shape index (κ1) is 20.4. The summed E-state index contributed by atoms with van der Waals surface area (Å²) in [6, 6.07) is 13.7. The molecule has 2 aromatic carbocycles. The molecule has 6 nitrogen and oxygen atoms in total. The quantitative estimate of drug-likeness (QED) is 0.649. The molecule has 2 aromatic rings. The second kappa shape index (κ2) is 8.64. The molecule has 3 N–H and O–H groups in total. The molecule has 1 atom stereocenters. The van der Waals surface area contributed by atoms with Gasteiger partial charge in [0.1, 0.15) is 17.5 Å². The lowest BCUT2D eigenvalue weighted by Gasteiger charge is -2.21. The summed E-state index contributed by atoms with van der Waals surface area (Å²) in [5.41, 5.74) is 1.22. The number of nitrogens with one attached hydrogen (secondary N) is 3. The van der Waals surface area contributed by atoms with Crippen molar-refractivity contribution in [2.45, 2.75) is 10.9 Å². The van der Waals surface area contributed by atoms with Crippen LogP contribution in [0.25, 0.3) is 0 Å². The van der Waals surface area contributed by atoms with E-state index in [0.717, 1.165) is 5.56 Å². The minimum Gasteiger partial charge on any atom is -0.340 e. The molecule has 8 heteroatoms. The smallest absolute Gasteiger partial charge is 0.252 e. The van der Waals surface area contributed by atoms with E-state index in [4.69, 9.17) is 11.6 Å². The number of sulfonamides is 1. The van der Waals surface area contributed by atoms with Gasteiger partial charge in [0.2, 0.25) is 10.0 Å². The fraction of sp³-hybridized carbons (Fsp3) is 0.278. The summed E-state index contributed by atoms with van der Waals surface area (Å²) in [4.78, 5) is 13.8. The number of hydrogen-bond donors (Lipinski definition) is 3. The van der Waals surface area contributed by atoms with Gasteiger partial charge >= 0.3 is 0 Å². The molecule has 0 spiro atoms. The van der Waals surface area contributed by atoms with Crippen molar-refractivity contribution in [3.05, 3.63) is 64.7 Å². The van der Waals surface area contributed by atoms with Gasteiger partial charge in [-0.25, -0.2) is 13.1 Å². The summed E-state index contributed by atoms with van der Waals surface area (Å²) in [5, 5.41) is 3.04. The summed E-state index contributed by atoms with van der Waals surface area (Å²) in [6.45, 7) is 0.686. The predicted octanol–water partition coefficient (Wildman–Crippen LogP) is 0.864. The number of amides is 1. The van der Waals surface area contributed by atoms with Crippen LogP contribution in [0.5, 0.6) is 0 Å². The number of carbonyl (C=O) groups excluding carboxylic acids is 1. The maximum absolute atomic E-state index is 12.7. The summed E-state index contributed by atoms with van der Waals surface area (Å²) in [6.07, 6.45) is 0. The maximum atomic E-state index is 12.7. The van der Waals surface area contributed by atoms with Crippen molar-refractivity contribution in [1.29, 1.82) is 0 Å². The summed E-state index contributed by atoms with van der Waals surface area (Å²) >= 11 is 5.98. The zero-order chi connectivity index (χ0) is 19.3. The molecule has 0 unspecified atom stereocenters. The highest BCUT2D eigenvalue weighted by molar-refractivity contribution is 7.89. The Bertz CT molecular complexity index is 871. The minimum absolute atomic E-state index is 0.0632. The standard InChI is InChI=1S/C18H22ClN3O3S/c1-20-26(24,25)17-11-14(9-10-15(17)19)18(23)21-16(12-22(2)3)13-7-5-4-6-8-13/h4-11,16,20H,12H2,1-3H3,(H,21,23)/p+1/t16-/m0/s1. The van der Waals surface area contributed by atoms with E-state index in [0.29, 0.717) is 6.54 Å². The third-order valence-electron chi connectivity index (χ3n) is 3.87. The first-order valence-electron chi connectivity index (χ1n) is 8.12. The Kier molecular flexibility index (Phi) is 6.77. The molecular formula is C18H23ClN3O3S+. The Hall–Kier alpha value is -1.93. The molecule has 0 saturated heterocycles. The minimum atomic E-state index is -3.75. The van der Waals surface area contributed by atoms with E-state index in [1.807, 2.05) is 44.4 Å². The lowest BCUT2D eigenvalue weighted by molar-refractivity contribution is -0.860. The van der Waals surface area contributed by atoms with Gasteiger partial charge in [-0.2, -0.15) is 0 Å². The van der Waals surface area contributed by atoms with Crippen LogP contribution < -0.4 is 14.9 Å². The second-order valence-electron chi connectivity index (χ2n) is 6.20. The Morgan fingerprint density at radius 1 is 1.15 bits per heavy atom. The Morgan fingerprint density at radius 3 is 2.38 bits per heavy atom. The third-order valence-corrected chi connectivity index (χ3v) is 5.77. The van der Waals surface area contributed by atoms with Gasteiger partial charge < -0.3 is 10.2 Å². The molecule has 0 aliphatic carbocycles. The van der Waals surface area contributed by atoms with Gasteiger partial charge in [-0.1, -0.05) is 41.9 Å². The first-order chi connectivity index (χ1) is 12.2. The number of hydrogen-bond acceptors (Lipinski definition) is 3. The van der Waals surface area contributed by atoms with Gasteiger partial charge in [-0.3, -0.25) is 4.79 Å². The van der Waals surface area contributed by atoms with Crippen LogP contribution in [-0.4, -0.2) is 42.0 Å². The molecule has 2 rings (SSSR count). The fourth-order valence-electron chi connectivity index (χ4n) is 2.55. The van der Waals surface area contributed by atoms with E-state index in [1.54, 1.807) is 0 Å². The van der Waals surface area contributed by atoms with Crippen LogP contribution in [0.1, 0.15) is 22.0 Å². The molecule has 0 fully saturated rings. The van der Waals surface area contributed by atoms with Gasteiger partial charge in [-0.05, 0) is 30.8 Å². The van der Waals surface area contributed by atoms with Crippen molar-refractivity contribution in [2.75, 3.05) is 27.7 Å². The van der Waals surface area contributed by atoms with E-state index in [2.05, 4.69) is 10.0 Å². The number of carbonyl (C=O) groups is 1. The zero-order valence-electron chi connectivity index (χ0n) is 14.9. The van der Waals surface area contributed by atoms with Crippen LogP contribution in [0, 0.1) is 0 Å². The average molecular weight is 397 g/mol. The molecular weight excluding hydrogens is 374 g/mol. The Labute approximate surface area is 159 Å². The number of halogens is 1. The molecule has 0 aromatic heterocycles. The first-order valence-corrected chi connectivity index (χ1v) is 9.98. The highest BCUT2D eigenvalue weighted by Crippen LogP contribution is 2.23. The normalized spacial score (nSPS) is 12.8. The van der Waals surface area contributed by atoms with Crippen molar-refractivity contribution in [1.82, 2.24) is 10.0 Å². The van der Waals surface area contributed by atoms with Crippen LogP contribution in [0.4, 0.5) is 0 Å². The topological polar surface area (TPSA) is 79.7 Å². The number of rotatable bonds is 7. The zero-order valence-corrected chi connectivity index (χ0v) is 16.5. The number of benzene rings is 2. The van der Waals surface area contributed by atoms with Crippen LogP contribution in [0.3, 0.4) is 0 Å². The predicted molar refractivity (Wildman–Crippen MR) is 102 cm³/mol. The van der Waals surface area contributed by atoms with Gasteiger partial charge in [0.25, 0.3) is 5.91 Å². The molecule has 0 heterocycles. The molecule has 0 aliphatic heterocycles. The van der Waals surface area contributed by atoms with Crippen molar-refractivity contribution in [3.8, 4) is 0 Å². The molecule has 0 saturated carbocycles. The van der Waals surface area contributed by atoms with Gasteiger partial charge in [0, 0.05) is 5.56 Å². The highest BCUT2D eigenvalue weighted by Gasteiger charge is 2.22. The Morgan fingerprint density at radius 2 is 1.81 bits per heavy atom. The third kappa shape index (κ3) is 5.04. The lowest BCUT2D eigenvalue weighted by atomic mass is 10.1. The molecule has 0 bridgehead atoms. The van der Waals surface area contributed by atoms with Crippen molar-refractivity contribution >= 4 is 27.5 Å². The van der Waals surface area contributed by atoms with Crippen molar-refractivity contribution in [2.24, 2.45) is 0 Å². The lowest BCUT2D eigenvalue weighted by Crippen LogP contribution is -3.06. The summed E-state index contributed by atoms with van der Waals surface area (Å²) < 4.78 is 26.3. The van der Waals surface area contributed by atoms with Crippen molar-refractivity contribution in [3.63, 3.8) is 0 Å². The summed E-state index contributed by atoms with van der Waals surface area (Å²) in [7, 11) is 1.55. The fourth-order valence-corrected chi connectivity index (χ4v) is 3.80.